The SMILES string of the molecule is N#C/C(=C\c1cccc(Cl)c1Cl)C(=O)Nc1ccc(Br)cc1. The predicted molar refractivity (Wildman–Crippen MR) is 92.8 cm³/mol. The van der Waals surface area contributed by atoms with E-state index in [2.05, 4.69) is 21.2 Å². The average molecular weight is 396 g/mol. The zero-order valence-corrected chi connectivity index (χ0v) is 14.2. The van der Waals surface area contributed by atoms with E-state index in [4.69, 9.17) is 23.2 Å². The normalized spacial score (nSPS) is 10.9. The number of amides is 1. The average Bonchev–Trinajstić information content (AvgIpc) is 2.51. The second-order valence-corrected chi connectivity index (χ2v) is 5.97. The summed E-state index contributed by atoms with van der Waals surface area (Å²) in [7, 11) is 0. The number of anilines is 1. The fourth-order valence-electron chi connectivity index (χ4n) is 1.67. The molecule has 3 nitrogen and oxygen atoms in total. The van der Waals surface area contributed by atoms with Gasteiger partial charge in [0.1, 0.15) is 11.6 Å². The van der Waals surface area contributed by atoms with E-state index in [1.807, 2.05) is 6.07 Å². The van der Waals surface area contributed by atoms with Gasteiger partial charge in [-0.15, -0.1) is 0 Å². The van der Waals surface area contributed by atoms with Gasteiger partial charge in [-0.3, -0.25) is 4.79 Å². The minimum atomic E-state index is -0.513. The van der Waals surface area contributed by atoms with Gasteiger partial charge in [0.05, 0.1) is 10.0 Å². The van der Waals surface area contributed by atoms with Crippen LogP contribution in [-0.4, -0.2) is 5.91 Å². The molecule has 22 heavy (non-hydrogen) atoms. The number of nitrogens with one attached hydrogen (secondary N) is 1. The van der Waals surface area contributed by atoms with Crippen molar-refractivity contribution >= 4 is 56.8 Å². The Morgan fingerprint density at radius 3 is 2.50 bits per heavy atom. The molecule has 1 N–H and O–H groups in total. The summed E-state index contributed by atoms with van der Waals surface area (Å²) in [5.41, 5.74) is 1.04. The number of rotatable bonds is 3. The third-order valence-corrected chi connectivity index (χ3v) is 4.11. The van der Waals surface area contributed by atoms with E-state index in [9.17, 15) is 10.1 Å². The zero-order chi connectivity index (χ0) is 16.1. The molecule has 110 valence electrons. The van der Waals surface area contributed by atoms with Gasteiger partial charge in [0.25, 0.3) is 5.91 Å². The van der Waals surface area contributed by atoms with Crippen LogP contribution in [0, 0.1) is 11.3 Å². The molecule has 0 aliphatic carbocycles. The second-order valence-electron chi connectivity index (χ2n) is 4.27. The quantitative estimate of drug-likeness (QED) is 0.566. The molecule has 0 aliphatic heterocycles. The van der Waals surface area contributed by atoms with Gasteiger partial charge in [-0.2, -0.15) is 5.26 Å². The summed E-state index contributed by atoms with van der Waals surface area (Å²) in [4.78, 5) is 12.1. The lowest BCUT2D eigenvalue weighted by molar-refractivity contribution is -0.112. The fraction of sp³-hybridized carbons (Fsp3) is 0. The maximum absolute atomic E-state index is 12.1. The van der Waals surface area contributed by atoms with Crippen molar-refractivity contribution in [1.29, 1.82) is 5.26 Å². The van der Waals surface area contributed by atoms with Gasteiger partial charge < -0.3 is 5.32 Å². The Morgan fingerprint density at radius 1 is 1.18 bits per heavy atom. The molecule has 6 heteroatoms. The predicted octanol–water partition coefficient (Wildman–Crippen LogP) is 5.30. The van der Waals surface area contributed by atoms with E-state index in [0.717, 1.165) is 4.47 Å². The first kappa shape index (κ1) is 16.6. The number of halogens is 3. The number of carbonyl (C=O) groups is 1. The number of carbonyl (C=O) groups excluding carboxylic acids is 1. The molecule has 0 saturated heterocycles. The van der Waals surface area contributed by atoms with Crippen molar-refractivity contribution in [3.63, 3.8) is 0 Å². The Labute approximate surface area is 146 Å². The first-order chi connectivity index (χ1) is 10.5. The number of benzene rings is 2. The molecule has 0 aromatic heterocycles. The molecule has 0 aliphatic rings. The maximum Gasteiger partial charge on any atom is 0.266 e. The van der Waals surface area contributed by atoms with Gasteiger partial charge in [-0.25, -0.2) is 0 Å². The smallest absolute Gasteiger partial charge is 0.266 e. The van der Waals surface area contributed by atoms with Crippen molar-refractivity contribution in [2.45, 2.75) is 0 Å². The summed E-state index contributed by atoms with van der Waals surface area (Å²) >= 11 is 15.3. The van der Waals surface area contributed by atoms with Crippen molar-refractivity contribution < 1.29 is 4.79 Å². The zero-order valence-electron chi connectivity index (χ0n) is 11.1. The number of nitrogens with zero attached hydrogens (tertiary/aromatic N) is 1. The van der Waals surface area contributed by atoms with E-state index in [-0.39, 0.29) is 5.57 Å². The molecule has 1 amide bonds. The standard InChI is InChI=1S/C16H9BrCl2N2O/c17-12-4-6-13(7-5-12)21-16(22)11(9-20)8-10-2-1-3-14(18)15(10)19/h1-8H,(H,21,22)/b11-8+. The third-order valence-electron chi connectivity index (χ3n) is 2.75. The van der Waals surface area contributed by atoms with E-state index in [1.165, 1.54) is 6.08 Å². The first-order valence-corrected chi connectivity index (χ1v) is 7.69. The Kier molecular flexibility index (Phi) is 5.62. The van der Waals surface area contributed by atoms with Crippen LogP contribution in [0.2, 0.25) is 10.0 Å². The van der Waals surface area contributed by atoms with Crippen molar-refractivity contribution in [3.05, 3.63) is 68.1 Å². The van der Waals surface area contributed by atoms with Crippen LogP contribution in [0.1, 0.15) is 5.56 Å². The van der Waals surface area contributed by atoms with Crippen LogP contribution in [0.5, 0.6) is 0 Å². The highest BCUT2D eigenvalue weighted by Crippen LogP contribution is 2.27. The Balaban J connectivity index is 2.26. The summed E-state index contributed by atoms with van der Waals surface area (Å²) in [5, 5.41) is 12.5. The first-order valence-electron chi connectivity index (χ1n) is 6.14. The molecule has 2 aromatic rings. The molecular weight excluding hydrogens is 387 g/mol. The van der Waals surface area contributed by atoms with Gasteiger partial charge in [0.15, 0.2) is 0 Å². The number of nitriles is 1. The van der Waals surface area contributed by atoms with Crippen LogP contribution >= 0.6 is 39.1 Å². The van der Waals surface area contributed by atoms with Crippen molar-refractivity contribution in [2.75, 3.05) is 5.32 Å². The van der Waals surface area contributed by atoms with E-state index >= 15 is 0 Å². The monoisotopic (exact) mass is 394 g/mol. The summed E-state index contributed by atoms with van der Waals surface area (Å²) in [5.74, 6) is -0.513. The van der Waals surface area contributed by atoms with Gasteiger partial charge >= 0.3 is 0 Å². The number of hydrogen-bond donors (Lipinski definition) is 1. The highest BCUT2D eigenvalue weighted by atomic mass is 79.9. The van der Waals surface area contributed by atoms with E-state index in [1.54, 1.807) is 42.5 Å². The van der Waals surface area contributed by atoms with Crippen molar-refractivity contribution in [3.8, 4) is 6.07 Å². The molecule has 0 spiro atoms. The Bertz CT molecular complexity index is 780. The molecule has 0 heterocycles. The molecule has 0 atom stereocenters. The van der Waals surface area contributed by atoms with Gasteiger partial charge in [0, 0.05) is 10.2 Å². The number of hydrogen-bond acceptors (Lipinski definition) is 2. The lowest BCUT2D eigenvalue weighted by Crippen LogP contribution is -2.13. The van der Waals surface area contributed by atoms with Crippen LogP contribution in [0.3, 0.4) is 0 Å². The van der Waals surface area contributed by atoms with Crippen LogP contribution in [0.25, 0.3) is 6.08 Å². The van der Waals surface area contributed by atoms with Crippen molar-refractivity contribution in [2.24, 2.45) is 0 Å². The summed E-state index contributed by atoms with van der Waals surface area (Å²) in [6.45, 7) is 0. The molecular formula is C16H9BrCl2N2O. The summed E-state index contributed by atoms with van der Waals surface area (Å²) in [6.07, 6.45) is 1.41. The molecule has 0 unspecified atom stereocenters. The highest BCUT2D eigenvalue weighted by molar-refractivity contribution is 9.10. The highest BCUT2D eigenvalue weighted by Gasteiger charge is 2.11. The van der Waals surface area contributed by atoms with Gasteiger partial charge in [-0.05, 0) is 42.0 Å². The van der Waals surface area contributed by atoms with Gasteiger partial charge in [0.2, 0.25) is 0 Å². The molecule has 2 aromatic carbocycles. The fourth-order valence-corrected chi connectivity index (χ4v) is 2.29. The molecule has 0 bridgehead atoms. The topological polar surface area (TPSA) is 52.9 Å². The largest absolute Gasteiger partial charge is 0.321 e. The molecule has 0 fully saturated rings. The Hall–Kier alpha value is -1.80. The second kappa shape index (κ2) is 7.46. The molecule has 2 rings (SSSR count). The summed E-state index contributed by atoms with van der Waals surface area (Å²) < 4.78 is 0.896. The lowest BCUT2D eigenvalue weighted by atomic mass is 10.1. The van der Waals surface area contributed by atoms with Crippen LogP contribution in [-0.2, 0) is 4.79 Å². The molecule has 0 saturated carbocycles. The van der Waals surface area contributed by atoms with E-state index in [0.29, 0.717) is 21.3 Å². The van der Waals surface area contributed by atoms with Crippen LogP contribution in [0.15, 0.2) is 52.5 Å². The maximum atomic E-state index is 12.1. The Morgan fingerprint density at radius 2 is 1.86 bits per heavy atom. The van der Waals surface area contributed by atoms with Crippen LogP contribution < -0.4 is 5.32 Å². The minimum absolute atomic E-state index is 0.0629. The summed E-state index contributed by atoms with van der Waals surface area (Å²) in [6, 6.07) is 13.9. The van der Waals surface area contributed by atoms with Crippen LogP contribution in [0.4, 0.5) is 5.69 Å². The lowest BCUT2D eigenvalue weighted by Gasteiger charge is -2.05. The minimum Gasteiger partial charge on any atom is -0.321 e. The van der Waals surface area contributed by atoms with Gasteiger partial charge in [-0.1, -0.05) is 51.3 Å². The third kappa shape index (κ3) is 4.11. The van der Waals surface area contributed by atoms with E-state index < -0.39 is 5.91 Å². The van der Waals surface area contributed by atoms with Crippen molar-refractivity contribution in [1.82, 2.24) is 0 Å². The molecule has 0 radical (unpaired) electrons.